The van der Waals surface area contributed by atoms with Gasteiger partial charge in [0.1, 0.15) is 11.5 Å². The topological polar surface area (TPSA) is 35.2 Å². The van der Waals surface area contributed by atoms with E-state index in [2.05, 4.69) is 29.1 Å². The van der Waals surface area contributed by atoms with Crippen LogP contribution in [-0.2, 0) is 0 Å². The smallest absolute Gasteiger partial charge is 0.150 e. The minimum absolute atomic E-state index is 0.571. The fourth-order valence-corrected chi connectivity index (χ4v) is 1.38. The number of hydrogen-bond acceptors (Lipinski definition) is 2. The van der Waals surface area contributed by atoms with Crippen LogP contribution in [0.2, 0.25) is 0 Å². The summed E-state index contributed by atoms with van der Waals surface area (Å²) in [6.07, 6.45) is 4.95. The largest absolute Gasteiger partial charge is 0.455 e. The summed E-state index contributed by atoms with van der Waals surface area (Å²) in [6.45, 7) is 7.22. The number of allylic oxidation sites excluding steroid dienone is 3. The molecule has 0 radical (unpaired) electrons. The van der Waals surface area contributed by atoms with Crippen molar-refractivity contribution in [3.05, 3.63) is 59.8 Å². The summed E-state index contributed by atoms with van der Waals surface area (Å²) in [5, 5.41) is 0. The van der Waals surface area contributed by atoms with Crippen molar-refractivity contribution in [1.82, 2.24) is 0 Å². The van der Waals surface area contributed by atoms with Gasteiger partial charge in [-0.25, -0.2) is 0 Å². The Morgan fingerprint density at radius 2 is 2.13 bits per heavy atom. The van der Waals surface area contributed by atoms with Gasteiger partial charge in [0.15, 0.2) is 0 Å². The summed E-state index contributed by atoms with van der Waals surface area (Å²) in [7, 11) is 0. The van der Waals surface area contributed by atoms with Crippen molar-refractivity contribution in [2.24, 2.45) is 0 Å². The first-order valence-electron chi connectivity index (χ1n) is 4.35. The molecule has 0 saturated heterocycles. The Morgan fingerprint density at radius 1 is 1.40 bits per heavy atom. The van der Waals surface area contributed by atoms with Crippen LogP contribution in [0.25, 0.3) is 0 Å². The molecule has 2 nitrogen and oxygen atoms in total. The van der Waals surface area contributed by atoms with Gasteiger partial charge in [-0.05, 0) is 30.4 Å². The fraction of sp³-hybridized carbons (Fsp3) is 0. The number of benzene rings is 1. The third kappa shape index (κ3) is 3.29. The molecule has 1 aromatic rings. The van der Waals surface area contributed by atoms with E-state index in [1.807, 2.05) is 6.07 Å². The molecule has 0 aliphatic heterocycles. The van der Waals surface area contributed by atoms with E-state index < -0.39 is 0 Å². The molecule has 0 bridgehead atoms. The van der Waals surface area contributed by atoms with Gasteiger partial charge in [-0.1, -0.05) is 35.2 Å². The normalized spacial score (nSPS) is 10.9. The summed E-state index contributed by atoms with van der Waals surface area (Å²) in [6, 6.07) is 5.43. The fourth-order valence-electron chi connectivity index (χ4n) is 0.999. The second kappa shape index (κ2) is 5.41. The molecular weight excluding hydrogens is 254 g/mol. The predicted octanol–water partition coefficient (Wildman–Crippen LogP) is 3.67. The van der Waals surface area contributed by atoms with Crippen LogP contribution in [0.3, 0.4) is 0 Å². The molecule has 1 aromatic carbocycles. The summed E-state index contributed by atoms with van der Waals surface area (Å²) in [5.74, 6) is 1.21. The maximum absolute atomic E-state index is 5.78. The highest BCUT2D eigenvalue weighted by molar-refractivity contribution is 9.10. The number of halogens is 1. The molecule has 0 saturated carbocycles. The zero-order valence-electron chi connectivity index (χ0n) is 8.24. The van der Waals surface area contributed by atoms with Gasteiger partial charge < -0.3 is 10.5 Å². The highest BCUT2D eigenvalue weighted by atomic mass is 79.9. The van der Waals surface area contributed by atoms with Gasteiger partial charge in [0.25, 0.3) is 0 Å². The van der Waals surface area contributed by atoms with E-state index in [9.17, 15) is 0 Å². The Bertz CT molecular complexity index is 410. The van der Waals surface area contributed by atoms with Crippen molar-refractivity contribution in [2.45, 2.75) is 0 Å². The first-order valence-corrected chi connectivity index (χ1v) is 5.14. The number of ether oxygens (including phenoxy) is 1. The number of hydrogen-bond donors (Lipinski definition) is 1. The zero-order chi connectivity index (χ0) is 11.3. The lowest BCUT2D eigenvalue weighted by Crippen LogP contribution is -1.96. The minimum Gasteiger partial charge on any atom is -0.455 e. The second-order valence-electron chi connectivity index (χ2n) is 2.79. The van der Waals surface area contributed by atoms with Crippen LogP contribution in [0.5, 0.6) is 5.75 Å². The molecule has 3 heteroatoms. The van der Waals surface area contributed by atoms with Crippen molar-refractivity contribution in [2.75, 3.05) is 5.73 Å². The molecule has 2 N–H and O–H groups in total. The van der Waals surface area contributed by atoms with Crippen LogP contribution in [0.15, 0.2) is 59.8 Å². The summed E-state index contributed by atoms with van der Waals surface area (Å²) in [4.78, 5) is 0. The van der Waals surface area contributed by atoms with E-state index in [1.54, 1.807) is 30.4 Å². The number of nitrogens with two attached hydrogens (primary N) is 1. The monoisotopic (exact) mass is 265 g/mol. The molecule has 0 aliphatic carbocycles. The van der Waals surface area contributed by atoms with E-state index in [-0.39, 0.29) is 0 Å². The average Bonchev–Trinajstić information content (AvgIpc) is 2.21. The molecule has 0 aliphatic rings. The molecule has 15 heavy (non-hydrogen) atoms. The Labute approximate surface area is 97.9 Å². The SMILES string of the molecule is C=C/C=C(\C=C)Oc1ccc(Br)cc1N. The molecule has 0 fully saturated rings. The third-order valence-electron chi connectivity index (χ3n) is 1.68. The van der Waals surface area contributed by atoms with Crippen molar-refractivity contribution in [1.29, 1.82) is 0 Å². The number of nitrogen functional groups attached to an aromatic ring is 1. The summed E-state index contributed by atoms with van der Waals surface area (Å²) >= 11 is 3.32. The van der Waals surface area contributed by atoms with Gasteiger partial charge in [0.2, 0.25) is 0 Å². The first kappa shape index (κ1) is 11.6. The highest BCUT2D eigenvalue weighted by Gasteiger charge is 2.02. The standard InChI is InChI=1S/C12H12BrNO/c1-3-5-10(4-2)15-12-7-6-9(13)8-11(12)14/h3-8H,1-2,14H2/b10-5+. The Morgan fingerprint density at radius 3 is 2.67 bits per heavy atom. The molecule has 0 heterocycles. The molecular formula is C12H12BrNO. The van der Waals surface area contributed by atoms with Crippen molar-refractivity contribution >= 4 is 21.6 Å². The molecule has 1 rings (SSSR count). The molecule has 0 spiro atoms. The number of anilines is 1. The van der Waals surface area contributed by atoms with Gasteiger partial charge in [0.05, 0.1) is 5.69 Å². The molecule has 0 aromatic heterocycles. The predicted molar refractivity (Wildman–Crippen MR) is 67.7 cm³/mol. The van der Waals surface area contributed by atoms with Crippen LogP contribution in [0.4, 0.5) is 5.69 Å². The lowest BCUT2D eigenvalue weighted by molar-refractivity contribution is 0.447. The Kier molecular flexibility index (Phi) is 4.18. The molecule has 0 amide bonds. The van der Waals surface area contributed by atoms with E-state index in [0.717, 1.165) is 4.47 Å². The second-order valence-corrected chi connectivity index (χ2v) is 3.71. The average molecular weight is 266 g/mol. The van der Waals surface area contributed by atoms with Crippen molar-refractivity contribution in [3.63, 3.8) is 0 Å². The van der Waals surface area contributed by atoms with E-state index >= 15 is 0 Å². The van der Waals surface area contributed by atoms with Gasteiger partial charge in [0, 0.05) is 4.47 Å². The van der Waals surface area contributed by atoms with Crippen LogP contribution in [0.1, 0.15) is 0 Å². The first-order chi connectivity index (χ1) is 7.17. The van der Waals surface area contributed by atoms with Crippen molar-refractivity contribution < 1.29 is 4.74 Å². The minimum atomic E-state index is 0.571. The van der Waals surface area contributed by atoms with Crippen LogP contribution >= 0.6 is 15.9 Å². The van der Waals surface area contributed by atoms with Crippen LogP contribution in [-0.4, -0.2) is 0 Å². The summed E-state index contributed by atoms with van der Waals surface area (Å²) in [5.41, 5.74) is 6.35. The lowest BCUT2D eigenvalue weighted by atomic mass is 10.3. The maximum atomic E-state index is 5.78. The summed E-state index contributed by atoms with van der Waals surface area (Å²) < 4.78 is 6.43. The number of rotatable bonds is 4. The third-order valence-corrected chi connectivity index (χ3v) is 2.18. The highest BCUT2D eigenvalue weighted by Crippen LogP contribution is 2.26. The van der Waals surface area contributed by atoms with Crippen LogP contribution < -0.4 is 10.5 Å². The van der Waals surface area contributed by atoms with E-state index in [1.165, 1.54) is 0 Å². The molecule has 0 unspecified atom stereocenters. The maximum Gasteiger partial charge on any atom is 0.150 e. The van der Waals surface area contributed by atoms with E-state index in [4.69, 9.17) is 10.5 Å². The van der Waals surface area contributed by atoms with E-state index in [0.29, 0.717) is 17.2 Å². The zero-order valence-corrected chi connectivity index (χ0v) is 9.83. The van der Waals surface area contributed by atoms with Crippen molar-refractivity contribution in [3.8, 4) is 5.75 Å². The van der Waals surface area contributed by atoms with Gasteiger partial charge >= 0.3 is 0 Å². The Hall–Kier alpha value is -1.48. The quantitative estimate of drug-likeness (QED) is 0.512. The Balaban J connectivity index is 2.93. The van der Waals surface area contributed by atoms with Gasteiger partial charge in [-0.2, -0.15) is 0 Å². The van der Waals surface area contributed by atoms with Gasteiger partial charge in [-0.3, -0.25) is 0 Å². The van der Waals surface area contributed by atoms with Gasteiger partial charge in [-0.15, -0.1) is 0 Å². The molecule has 0 atom stereocenters. The lowest BCUT2D eigenvalue weighted by Gasteiger charge is -2.08. The van der Waals surface area contributed by atoms with Crippen LogP contribution in [0, 0.1) is 0 Å². The molecule has 78 valence electrons.